The van der Waals surface area contributed by atoms with E-state index in [1.807, 2.05) is 0 Å². The second kappa shape index (κ2) is 9.35. The summed E-state index contributed by atoms with van der Waals surface area (Å²) in [4.78, 5) is 0. The van der Waals surface area contributed by atoms with E-state index in [-0.39, 0.29) is 0 Å². The molecule has 0 aromatic heterocycles. The van der Waals surface area contributed by atoms with Gasteiger partial charge >= 0.3 is 0 Å². The van der Waals surface area contributed by atoms with Gasteiger partial charge in [-0.1, -0.05) is 49.5 Å². The van der Waals surface area contributed by atoms with Crippen molar-refractivity contribution in [2.45, 2.75) is 52.5 Å². The van der Waals surface area contributed by atoms with Gasteiger partial charge in [0.2, 0.25) is 0 Å². The van der Waals surface area contributed by atoms with E-state index in [1.165, 1.54) is 39.3 Å². The molecule has 0 amide bonds. The van der Waals surface area contributed by atoms with Gasteiger partial charge in [0.1, 0.15) is 0 Å². The molecule has 1 aromatic rings. The highest BCUT2D eigenvalue weighted by molar-refractivity contribution is 14.1. The normalized spacial score (nSPS) is 12.9. The first-order valence-corrected chi connectivity index (χ1v) is 9.17. The standard InChI is InChI=1S/C16H25BrIN/c1-4-9-19-16(10-12(5-2)6-3)14-11-13(18)7-8-15(14)17/h7-8,11-12,16,19H,4-6,9-10H2,1-3H3. The minimum atomic E-state index is 0.467. The fraction of sp³-hybridized carbons (Fsp3) is 0.625. The Labute approximate surface area is 140 Å². The van der Waals surface area contributed by atoms with Gasteiger partial charge in [-0.15, -0.1) is 0 Å². The summed E-state index contributed by atoms with van der Waals surface area (Å²) in [6.45, 7) is 7.91. The van der Waals surface area contributed by atoms with Crippen molar-refractivity contribution < 1.29 is 0 Å². The van der Waals surface area contributed by atoms with Crippen molar-refractivity contribution in [3.8, 4) is 0 Å². The van der Waals surface area contributed by atoms with Crippen LogP contribution in [0.2, 0.25) is 0 Å². The van der Waals surface area contributed by atoms with Crippen LogP contribution in [0.15, 0.2) is 22.7 Å². The number of benzene rings is 1. The average Bonchev–Trinajstić information content (AvgIpc) is 2.42. The minimum absolute atomic E-state index is 0.467. The van der Waals surface area contributed by atoms with E-state index in [2.05, 4.69) is 82.8 Å². The Kier molecular flexibility index (Phi) is 8.58. The zero-order valence-corrected chi connectivity index (χ0v) is 15.9. The van der Waals surface area contributed by atoms with Crippen LogP contribution in [0, 0.1) is 9.49 Å². The van der Waals surface area contributed by atoms with Crippen molar-refractivity contribution in [1.82, 2.24) is 5.32 Å². The minimum Gasteiger partial charge on any atom is -0.310 e. The molecule has 0 aliphatic heterocycles. The van der Waals surface area contributed by atoms with Gasteiger partial charge in [-0.05, 0) is 71.7 Å². The molecular formula is C16H25BrIN. The van der Waals surface area contributed by atoms with Gasteiger partial charge in [-0.3, -0.25) is 0 Å². The van der Waals surface area contributed by atoms with Gasteiger partial charge < -0.3 is 5.32 Å². The van der Waals surface area contributed by atoms with Gasteiger partial charge in [0.15, 0.2) is 0 Å². The zero-order chi connectivity index (χ0) is 14.3. The highest BCUT2D eigenvalue weighted by atomic mass is 127. The SMILES string of the molecule is CCCNC(CC(CC)CC)c1cc(I)ccc1Br. The third kappa shape index (κ3) is 5.72. The van der Waals surface area contributed by atoms with Crippen LogP contribution in [0.25, 0.3) is 0 Å². The third-order valence-electron chi connectivity index (χ3n) is 3.70. The molecule has 0 aliphatic rings. The number of hydrogen-bond acceptors (Lipinski definition) is 1. The summed E-state index contributed by atoms with van der Waals surface area (Å²) in [6.07, 6.45) is 4.94. The molecule has 1 unspecified atom stereocenters. The fourth-order valence-electron chi connectivity index (χ4n) is 2.38. The molecule has 3 heteroatoms. The maximum Gasteiger partial charge on any atom is 0.0334 e. The summed E-state index contributed by atoms with van der Waals surface area (Å²) in [5, 5.41) is 3.72. The van der Waals surface area contributed by atoms with E-state index in [0.29, 0.717) is 6.04 Å². The van der Waals surface area contributed by atoms with E-state index in [0.717, 1.165) is 12.5 Å². The highest BCUT2D eigenvalue weighted by Crippen LogP contribution is 2.31. The van der Waals surface area contributed by atoms with Crippen LogP contribution in [-0.4, -0.2) is 6.54 Å². The molecule has 0 bridgehead atoms. The van der Waals surface area contributed by atoms with E-state index in [4.69, 9.17) is 0 Å². The monoisotopic (exact) mass is 437 g/mol. The molecule has 1 rings (SSSR count). The van der Waals surface area contributed by atoms with Crippen LogP contribution in [0.4, 0.5) is 0 Å². The number of nitrogens with one attached hydrogen (secondary N) is 1. The van der Waals surface area contributed by atoms with Crippen LogP contribution < -0.4 is 5.32 Å². The zero-order valence-electron chi connectivity index (χ0n) is 12.2. The predicted molar refractivity (Wildman–Crippen MR) is 96.6 cm³/mol. The lowest BCUT2D eigenvalue weighted by Crippen LogP contribution is -2.25. The molecule has 0 aliphatic carbocycles. The van der Waals surface area contributed by atoms with Gasteiger partial charge in [0.05, 0.1) is 0 Å². The maximum atomic E-state index is 3.72. The summed E-state index contributed by atoms with van der Waals surface area (Å²) in [5.74, 6) is 0.805. The van der Waals surface area contributed by atoms with Crippen LogP contribution in [-0.2, 0) is 0 Å². The predicted octanol–water partition coefficient (Wildman–Crippen LogP) is 5.92. The number of hydrogen-bond donors (Lipinski definition) is 1. The second-order valence-corrected chi connectivity index (χ2v) is 7.19. The smallest absolute Gasteiger partial charge is 0.0334 e. The molecule has 0 spiro atoms. The summed E-state index contributed by atoms with van der Waals surface area (Å²) in [6, 6.07) is 7.10. The molecule has 0 heterocycles. The Morgan fingerprint density at radius 2 is 1.89 bits per heavy atom. The molecule has 19 heavy (non-hydrogen) atoms. The third-order valence-corrected chi connectivity index (χ3v) is 5.09. The number of rotatable bonds is 8. The molecule has 0 saturated carbocycles. The summed E-state index contributed by atoms with van der Waals surface area (Å²) in [7, 11) is 0. The Balaban J connectivity index is 2.91. The van der Waals surface area contributed by atoms with Crippen LogP contribution in [0.3, 0.4) is 0 Å². The molecular weight excluding hydrogens is 413 g/mol. The Morgan fingerprint density at radius 3 is 2.47 bits per heavy atom. The van der Waals surface area contributed by atoms with Crippen molar-refractivity contribution in [2.24, 2.45) is 5.92 Å². The topological polar surface area (TPSA) is 12.0 Å². The summed E-state index contributed by atoms with van der Waals surface area (Å²) in [5.41, 5.74) is 1.41. The molecule has 0 fully saturated rings. The first-order chi connectivity index (χ1) is 9.12. The highest BCUT2D eigenvalue weighted by Gasteiger charge is 2.18. The van der Waals surface area contributed by atoms with Crippen LogP contribution in [0.1, 0.15) is 58.1 Å². The molecule has 0 radical (unpaired) electrons. The molecule has 1 nitrogen and oxygen atoms in total. The summed E-state index contributed by atoms with van der Waals surface area (Å²) < 4.78 is 2.54. The van der Waals surface area contributed by atoms with Crippen molar-refractivity contribution in [1.29, 1.82) is 0 Å². The molecule has 1 atom stereocenters. The van der Waals surface area contributed by atoms with Crippen LogP contribution >= 0.6 is 38.5 Å². The second-order valence-electron chi connectivity index (χ2n) is 5.09. The van der Waals surface area contributed by atoms with E-state index in [9.17, 15) is 0 Å². The average molecular weight is 438 g/mol. The van der Waals surface area contributed by atoms with Crippen molar-refractivity contribution in [2.75, 3.05) is 6.54 Å². The van der Waals surface area contributed by atoms with Gasteiger partial charge in [-0.2, -0.15) is 0 Å². The van der Waals surface area contributed by atoms with Crippen molar-refractivity contribution in [3.05, 3.63) is 31.8 Å². The first kappa shape index (κ1) is 17.4. The lowest BCUT2D eigenvalue weighted by molar-refractivity contribution is 0.370. The van der Waals surface area contributed by atoms with E-state index in [1.54, 1.807) is 0 Å². The van der Waals surface area contributed by atoms with E-state index >= 15 is 0 Å². The Bertz CT molecular complexity index is 377. The van der Waals surface area contributed by atoms with Gasteiger partial charge in [0, 0.05) is 14.1 Å². The molecule has 1 aromatic carbocycles. The lowest BCUT2D eigenvalue weighted by atomic mass is 9.91. The summed E-state index contributed by atoms with van der Waals surface area (Å²) >= 11 is 6.11. The largest absolute Gasteiger partial charge is 0.310 e. The van der Waals surface area contributed by atoms with Gasteiger partial charge in [-0.25, -0.2) is 0 Å². The Morgan fingerprint density at radius 1 is 1.21 bits per heavy atom. The van der Waals surface area contributed by atoms with Crippen molar-refractivity contribution >= 4 is 38.5 Å². The van der Waals surface area contributed by atoms with Gasteiger partial charge in [0.25, 0.3) is 0 Å². The first-order valence-electron chi connectivity index (χ1n) is 7.30. The van der Waals surface area contributed by atoms with Crippen molar-refractivity contribution in [3.63, 3.8) is 0 Å². The molecule has 108 valence electrons. The fourth-order valence-corrected chi connectivity index (χ4v) is 3.41. The van der Waals surface area contributed by atoms with E-state index < -0.39 is 0 Å². The molecule has 0 saturated heterocycles. The maximum absolute atomic E-state index is 3.72. The molecule has 1 N–H and O–H groups in total. The number of halogens is 2. The lowest BCUT2D eigenvalue weighted by Gasteiger charge is -2.24. The quantitative estimate of drug-likeness (QED) is 0.497. The van der Waals surface area contributed by atoms with Crippen LogP contribution in [0.5, 0.6) is 0 Å². The Hall–Kier alpha value is 0.390.